The third-order valence-corrected chi connectivity index (χ3v) is 5.38. The first kappa shape index (κ1) is 25.2. The van der Waals surface area contributed by atoms with Gasteiger partial charge in [-0.2, -0.15) is 0 Å². The van der Waals surface area contributed by atoms with Gasteiger partial charge in [-0.05, 0) is 40.3 Å². The van der Waals surface area contributed by atoms with Crippen LogP contribution < -0.4 is 0 Å². The van der Waals surface area contributed by atoms with Crippen molar-refractivity contribution in [3.63, 3.8) is 0 Å². The van der Waals surface area contributed by atoms with Gasteiger partial charge in [0.15, 0.2) is 0 Å². The summed E-state index contributed by atoms with van der Waals surface area (Å²) in [5.41, 5.74) is 1.03. The average molecular weight is 547 g/mol. The maximum absolute atomic E-state index is 11.8. The number of carboxylic acids is 1. The molecular formula is C20H26IN3O7. The number of carbonyl (C=O) groups is 4. The minimum Gasteiger partial charge on any atom is -0.480 e. The van der Waals surface area contributed by atoms with E-state index in [2.05, 4.69) is 27.3 Å². The summed E-state index contributed by atoms with van der Waals surface area (Å²) >= 11 is 2.22. The summed E-state index contributed by atoms with van der Waals surface area (Å²) in [6, 6.07) is 7.92. The molecule has 0 saturated carbocycles. The third kappa shape index (κ3) is 9.72. The van der Waals surface area contributed by atoms with Crippen LogP contribution in [0.2, 0.25) is 0 Å². The Kier molecular flexibility index (Phi) is 10.3. The monoisotopic (exact) mass is 547 g/mol. The maximum atomic E-state index is 11.8. The zero-order valence-corrected chi connectivity index (χ0v) is 19.4. The van der Waals surface area contributed by atoms with Crippen LogP contribution in [0.1, 0.15) is 5.56 Å². The van der Waals surface area contributed by atoms with Crippen LogP contribution in [0.5, 0.6) is 0 Å². The standard InChI is InChI=1S/C20H26IN3O7/c1-30-18(27)12-23(10-15-2-4-16(21)5-3-15)8-6-22(11-17(25)26)7-9-24-13-19(28)31-20(29)14-24/h2-5H,6-14H2,1H3,(H,25,26). The van der Waals surface area contributed by atoms with Crippen molar-refractivity contribution in [3.8, 4) is 0 Å². The van der Waals surface area contributed by atoms with Crippen molar-refractivity contribution >= 4 is 46.5 Å². The van der Waals surface area contributed by atoms with Crippen LogP contribution in [0.4, 0.5) is 0 Å². The number of ether oxygens (including phenoxy) is 2. The Morgan fingerprint density at radius 2 is 1.68 bits per heavy atom. The summed E-state index contributed by atoms with van der Waals surface area (Å²) in [6.45, 7) is 1.92. The normalized spacial score (nSPS) is 14.7. The lowest BCUT2D eigenvalue weighted by molar-refractivity contribution is -0.167. The fourth-order valence-corrected chi connectivity index (χ4v) is 3.47. The molecule has 0 spiro atoms. The van der Waals surface area contributed by atoms with Gasteiger partial charge in [0, 0.05) is 36.3 Å². The van der Waals surface area contributed by atoms with Gasteiger partial charge in [0.1, 0.15) is 0 Å². The highest BCUT2D eigenvalue weighted by Crippen LogP contribution is 2.10. The van der Waals surface area contributed by atoms with Crippen LogP contribution in [0.25, 0.3) is 0 Å². The molecule has 0 aliphatic carbocycles. The molecule has 1 aromatic carbocycles. The second kappa shape index (κ2) is 12.7. The molecule has 2 rings (SSSR count). The van der Waals surface area contributed by atoms with Gasteiger partial charge in [0.25, 0.3) is 0 Å². The van der Waals surface area contributed by atoms with Gasteiger partial charge in [-0.1, -0.05) is 12.1 Å². The molecule has 170 valence electrons. The van der Waals surface area contributed by atoms with Gasteiger partial charge in [-0.15, -0.1) is 0 Å². The topological polar surface area (TPSA) is 117 Å². The van der Waals surface area contributed by atoms with Gasteiger partial charge in [0.2, 0.25) is 0 Å². The number of nitrogens with zero attached hydrogens (tertiary/aromatic N) is 3. The molecule has 0 atom stereocenters. The SMILES string of the molecule is COC(=O)CN(CCN(CCN1CC(=O)OC(=O)C1)CC(=O)O)Cc1ccc(I)cc1. The van der Waals surface area contributed by atoms with E-state index < -0.39 is 17.9 Å². The van der Waals surface area contributed by atoms with Crippen molar-refractivity contribution in [1.29, 1.82) is 0 Å². The molecule has 31 heavy (non-hydrogen) atoms. The molecule has 0 unspecified atom stereocenters. The van der Waals surface area contributed by atoms with Gasteiger partial charge >= 0.3 is 23.9 Å². The number of halogens is 1. The van der Waals surface area contributed by atoms with E-state index in [0.717, 1.165) is 9.13 Å². The molecule has 11 heteroatoms. The van der Waals surface area contributed by atoms with Crippen LogP contribution in [-0.4, -0.2) is 103 Å². The Balaban J connectivity index is 1.96. The highest BCUT2D eigenvalue weighted by atomic mass is 127. The third-order valence-electron chi connectivity index (χ3n) is 4.66. The molecular weight excluding hydrogens is 521 g/mol. The summed E-state index contributed by atoms with van der Waals surface area (Å²) in [4.78, 5) is 51.2. The highest BCUT2D eigenvalue weighted by Gasteiger charge is 2.25. The number of morpholine rings is 1. The van der Waals surface area contributed by atoms with E-state index in [1.54, 1.807) is 9.80 Å². The first-order chi connectivity index (χ1) is 14.7. The summed E-state index contributed by atoms with van der Waals surface area (Å²) in [6.07, 6.45) is 0. The fraction of sp³-hybridized carbons (Fsp3) is 0.500. The first-order valence-corrected chi connectivity index (χ1v) is 10.8. The molecule has 1 fully saturated rings. The molecule has 1 aromatic rings. The second-order valence-electron chi connectivity index (χ2n) is 7.14. The summed E-state index contributed by atoms with van der Waals surface area (Å²) in [5.74, 6) is -2.57. The van der Waals surface area contributed by atoms with Crippen molar-refractivity contribution in [2.45, 2.75) is 6.54 Å². The van der Waals surface area contributed by atoms with E-state index in [-0.39, 0.29) is 32.1 Å². The Labute approximate surface area is 194 Å². The van der Waals surface area contributed by atoms with E-state index in [0.29, 0.717) is 32.7 Å². The predicted octanol–water partition coefficient (Wildman–Crippen LogP) is 0.0382. The van der Waals surface area contributed by atoms with Crippen molar-refractivity contribution in [2.24, 2.45) is 0 Å². The maximum Gasteiger partial charge on any atom is 0.327 e. The number of rotatable bonds is 12. The summed E-state index contributed by atoms with van der Waals surface area (Å²) < 4.78 is 10.4. The molecule has 10 nitrogen and oxygen atoms in total. The summed E-state index contributed by atoms with van der Waals surface area (Å²) in [5, 5.41) is 9.24. The number of benzene rings is 1. The molecule has 1 saturated heterocycles. The fourth-order valence-electron chi connectivity index (χ4n) is 3.11. The smallest absolute Gasteiger partial charge is 0.327 e. The Bertz CT molecular complexity index is 771. The van der Waals surface area contributed by atoms with E-state index in [1.807, 2.05) is 29.2 Å². The Morgan fingerprint density at radius 1 is 1.06 bits per heavy atom. The van der Waals surface area contributed by atoms with E-state index >= 15 is 0 Å². The Morgan fingerprint density at radius 3 is 2.26 bits per heavy atom. The quantitative estimate of drug-likeness (QED) is 0.219. The number of carbonyl (C=O) groups excluding carboxylic acids is 3. The zero-order valence-electron chi connectivity index (χ0n) is 17.3. The molecule has 0 amide bonds. The van der Waals surface area contributed by atoms with Gasteiger partial charge < -0.3 is 14.6 Å². The minimum atomic E-state index is -0.980. The molecule has 0 radical (unpaired) electrons. The van der Waals surface area contributed by atoms with Gasteiger partial charge in [-0.3, -0.25) is 33.9 Å². The molecule has 0 bridgehead atoms. The number of hydrogen-bond acceptors (Lipinski definition) is 9. The van der Waals surface area contributed by atoms with Gasteiger partial charge in [-0.25, -0.2) is 0 Å². The second-order valence-corrected chi connectivity index (χ2v) is 8.39. The van der Waals surface area contributed by atoms with Crippen molar-refractivity contribution in [1.82, 2.24) is 14.7 Å². The molecule has 1 aliphatic rings. The summed E-state index contributed by atoms with van der Waals surface area (Å²) in [7, 11) is 1.33. The highest BCUT2D eigenvalue weighted by molar-refractivity contribution is 14.1. The minimum absolute atomic E-state index is 0.00603. The van der Waals surface area contributed by atoms with Crippen LogP contribution >= 0.6 is 22.6 Å². The lowest BCUT2D eigenvalue weighted by Gasteiger charge is -2.29. The molecule has 0 aromatic heterocycles. The van der Waals surface area contributed by atoms with E-state index in [9.17, 15) is 24.3 Å². The van der Waals surface area contributed by atoms with Crippen LogP contribution in [0.15, 0.2) is 24.3 Å². The van der Waals surface area contributed by atoms with E-state index in [1.165, 1.54) is 7.11 Å². The van der Waals surface area contributed by atoms with Crippen molar-refractivity contribution < 1.29 is 33.8 Å². The molecule has 1 N–H and O–H groups in total. The van der Waals surface area contributed by atoms with Gasteiger partial charge in [0.05, 0.1) is 33.3 Å². The molecule has 1 heterocycles. The number of carboxylic acid groups (broad SMARTS) is 1. The zero-order chi connectivity index (χ0) is 22.8. The average Bonchev–Trinajstić information content (AvgIpc) is 2.70. The number of esters is 3. The van der Waals surface area contributed by atoms with Crippen LogP contribution in [0.3, 0.4) is 0 Å². The van der Waals surface area contributed by atoms with Crippen molar-refractivity contribution in [2.75, 3.05) is 59.5 Å². The lowest BCUT2D eigenvalue weighted by Crippen LogP contribution is -2.47. The lowest BCUT2D eigenvalue weighted by atomic mass is 10.2. The number of cyclic esters (lactones) is 2. The largest absolute Gasteiger partial charge is 0.480 e. The van der Waals surface area contributed by atoms with Crippen molar-refractivity contribution in [3.05, 3.63) is 33.4 Å². The number of hydrogen-bond donors (Lipinski definition) is 1. The Hall–Kier alpha value is -2.09. The van der Waals surface area contributed by atoms with Crippen LogP contribution in [0, 0.1) is 3.57 Å². The number of aliphatic carboxylic acids is 1. The molecule has 1 aliphatic heterocycles. The first-order valence-electron chi connectivity index (χ1n) is 9.68. The predicted molar refractivity (Wildman–Crippen MR) is 118 cm³/mol. The number of methoxy groups -OCH3 is 1. The van der Waals surface area contributed by atoms with E-state index in [4.69, 9.17) is 4.74 Å². The van der Waals surface area contributed by atoms with Crippen LogP contribution in [-0.2, 0) is 35.2 Å².